The zero-order valence-corrected chi connectivity index (χ0v) is 21.2. The lowest BCUT2D eigenvalue weighted by Crippen LogP contribution is -2.37. The van der Waals surface area contributed by atoms with E-state index in [1.54, 1.807) is 36.7 Å². The number of anilines is 1. The van der Waals surface area contributed by atoms with Crippen molar-refractivity contribution in [1.82, 2.24) is 14.9 Å². The van der Waals surface area contributed by atoms with E-state index < -0.39 is 6.04 Å². The van der Waals surface area contributed by atoms with Gasteiger partial charge in [-0.05, 0) is 55.4 Å². The molecule has 186 valence electrons. The van der Waals surface area contributed by atoms with Crippen molar-refractivity contribution < 1.29 is 9.18 Å². The first-order valence-corrected chi connectivity index (χ1v) is 12.7. The number of nitrogens with one attached hydrogen (secondary N) is 2. The van der Waals surface area contributed by atoms with E-state index in [0.717, 1.165) is 37.6 Å². The van der Waals surface area contributed by atoms with Gasteiger partial charge in [-0.25, -0.2) is 9.37 Å². The fraction of sp³-hybridized carbons (Fsp3) is 0.138. The number of nitrogens with zero attached hydrogens (tertiary/aromatic N) is 2. The van der Waals surface area contributed by atoms with Crippen molar-refractivity contribution in [3.8, 4) is 22.4 Å². The Balaban J connectivity index is 1.58. The lowest BCUT2D eigenvalue weighted by molar-refractivity contribution is -0.117. The SMILES string of the molecule is CNC(C)C(=O)Nc1ccc(-c2ccccc2)n(Cc2nc3cccc(-c4ccc(F)cc4)c3s2)c1=O. The van der Waals surface area contributed by atoms with Crippen LogP contribution in [0.4, 0.5) is 10.1 Å². The number of aromatic nitrogens is 2. The van der Waals surface area contributed by atoms with Crippen molar-refractivity contribution in [2.24, 2.45) is 0 Å². The molecule has 1 unspecified atom stereocenters. The standard InChI is InChI=1S/C29H25FN4O2S/c1-18(31-2)28(35)33-24-15-16-25(20-7-4-3-5-8-20)34(29(24)36)17-26-32-23-10-6-9-22(27(23)37-26)19-11-13-21(30)14-12-19/h3-16,18,31H,17H2,1-2H3,(H,33,35). The van der Waals surface area contributed by atoms with Crippen LogP contribution in [0.2, 0.25) is 0 Å². The van der Waals surface area contributed by atoms with Gasteiger partial charge in [-0.15, -0.1) is 11.3 Å². The first-order valence-electron chi connectivity index (χ1n) is 11.9. The molecule has 0 aliphatic rings. The smallest absolute Gasteiger partial charge is 0.275 e. The van der Waals surface area contributed by atoms with Crippen molar-refractivity contribution in [2.45, 2.75) is 19.5 Å². The highest BCUT2D eigenvalue weighted by molar-refractivity contribution is 7.19. The molecule has 2 N–H and O–H groups in total. The van der Waals surface area contributed by atoms with Gasteiger partial charge in [-0.2, -0.15) is 0 Å². The predicted molar refractivity (Wildman–Crippen MR) is 147 cm³/mol. The van der Waals surface area contributed by atoms with Crippen molar-refractivity contribution in [3.63, 3.8) is 0 Å². The summed E-state index contributed by atoms with van der Waals surface area (Å²) in [4.78, 5) is 30.9. The molecule has 0 saturated heterocycles. The van der Waals surface area contributed by atoms with Crippen LogP contribution in [-0.2, 0) is 11.3 Å². The second kappa shape index (κ2) is 10.5. The quantitative estimate of drug-likeness (QED) is 0.301. The Morgan fingerprint density at radius 1 is 0.973 bits per heavy atom. The summed E-state index contributed by atoms with van der Waals surface area (Å²) in [6, 6.07) is 24.9. The summed E-state index contributed by atoms with van der Waals surface area (Å²) in [6.07, 6.45) is 0. The van der Waals surface area contributed by atoms with Gasteiger partial charge in [0.2, 0.25) is 5.91 Å². The van der Waals surface area contributed by atoms with Crippen LogP contribution in [0.15, 0.2) is 89.7 Å². The number of halogens is 1. The lowest BCUT2D eigenvalue weighted by atomic mass is 10.1. The van der Waals surface area contributed by atoms with Gasteiger partial charge in [0, 0.05) is 5.56 Å². The molecular formula is C29H25FN4O2S. The van der Waals surface area contributed by atoms with Crippen molar-refractivity contribution >= 4 is 33.1 Å². The zero-order valence-electron chi connectivity index (χ0n) is 20.4. The minimum absolute atomic E-state index is 0.208. The van der Waals surface area contributed by atoms with Crippen LogP contribution >= 0.6 is 11.3 Å². The summed E-state index contributed by atoms with van der Waals surface area (Å²) in [7, 11) is 1.69. The highest BCUT2D eigenvalue weighted by Crippen LogP contribution is 2.34. The maximum absolute atomic E-state index is 13.6. The number of pyridine rings is 1. The van der Waals surface area contributed by atoms with Gasteiger partial charge < -0.3 is 10.6 Å². The molecule has 1 amide bonds. The van der Waals surface area contributed by atoms with Gasteiger partial charge in [-0.3, -0.25) is 14.2 Å². The molecule has 5 rings (SSSR count). The summed E-state index contributed by atoms with van der Waals surface area (Å²) in [5.74, 6) is -0.577. The van der Waals surface area contributed by atoms with E-state index >= 15 is 0 Å². The Labute approximate surface area is 217 Å². The lowest BCUT2D eigenvalue weighted by Gasteiger charge is -2.16. The molecule has 0 spiro atoms. The Bertz CT molecular complexity index is 1630. The minimum atomic E-state index is -0.448. The summed E-state index contributed by atoms with van der Waals surface area (Å²) in [5.41, 5.74) is 4.17. The molecule has 6 nitrogen and oxygen atoms in total. The number of fused-ring (bicyclic) bond motifs is 1. The Morgan fingerprint density at radius 2 is 1.73 bits per heavy atom. The average molecular weight is 513 g/mol. The summed E-state index contributed by atoms with van der Waals surface area (Å²) in [5, 5.41) is 6.37. The van der Waals surface area contributed by atoms with Crippen LogP contribution in [0.5, 0.6) is 0 Å². The third-order valence-electron chi connectivity index (χ3n) is 6.24. The number of likely N-dealkylation sites (N-methyl/N-ethyl adjacent to an activating group) is 1. The normalized spacial score (nSPS) is 12.0. The van der Waals surface area contributed by atoms with Crippen LogP contribution in [-0.4, -0.2) is 28.5 Å². The van der Waals surface area contributed by atoms with Crippen LogP contribution in [0.1, 0.15) is 11.9 Å². The highest BCUT2D eigenvalue weighted by atomic mass is 32.1. The third-order valence-corrected chi connectivity index (χ3v) is 7.33. The van der Waals surface area contributed by atoms with Gasteiger partial charge in [-0.1, -0.05) is 54.6 Å². The second-order valence-electron chi connectivity index (χ2n) is 8.66. The summed E-state index contributed by atoms with van der Waals surface area (Å²) < 4.78 is 16.1. The topological polar surface area (TPSA) is 76.0 Å². The molecule has 37 heavy (non-hydrogen) atoms. The van der Waals surface area contributed by atoms with E-state index in [2.05, 4.69) is 10.6 Å². The van der Waals surface area contributed by atoms with Crippen molar-refractivity contribution in [2.75, 3.05) is 12.4 Å². The zero-order chi connectivity index (χ0) is 25.9. The first-order chi connectivity index (χ1) is 17.9. The molecule has 0 bridgehead atoms. The molecule has 0 saturated carbocycles. The molecule has 0 aliphatic heterocycles. The maximum atomic E-state index is 13.6. The molecule has 3 aromatic carbocycles. The summed E-state index contributed by atoms with van der Waals surface area (Å²) >= 11 is 1.50. The number of benzene rings is 3. The third kappa shape index (κ3) is 5.07. The molecule has 0 radical (unpaired) electrons. The minimum Gasteiger partial charge on any atom is -0.320 e. The monoisotopic (exact) mass is 512 g/mol. The molecular weight excluding hydrogens is 487 g/mol. The molecule has 0 aliphatic carbocycles. The Kier molecular flexibility index (Phi) is 6.94. The first kappa shape index (κ1) is 24.5. The molecule has 8 heteroatoms. The molecule has 2 heterocycles. The van der Waals surface area contributed by atoms with Crippen molar-refractivity contribution in [3.05, 3.63) is 106 Å². The largest absolute Gasteiger partial charge is 0.320 e. The number of thiazole rings is 1. The fourth-order valence-electron chi connectivity index (χ4n) is 4.12. The maximum Gasteiger partial charge on any atom is 0.275 e. The number of hydrogen-bond acceptors (Lipinski definition) is 5. The van der Waals surface area contributed by atoms with Crippen molar-refractivity contribution in [1.29, 1.82) is 0 Å². The number of hydrogen-bond donors (Lipinski definition) is 2. The Morgan fingerprint density at radius 3 is 2.46 bits per heavy atom. The fourth-order valence-corrected chi connectivity index (χ4v) is 5.21. The predicted octanol–water partition coefficient (Wildman–Crippen LogP) is 5.53. The number of carbonyl (C=O) groups is 1. The van der Waals surface area contributed by atoms with Crippen LogP contribution in [0.25, 0.3) is 32.6 Å². The second-order valence-corrected chi connectivity index (χ2v) is 9.74. The van der Waals surface area contributed by atoms with E-state index in [4.69, 9.17) is 4.98 Å². The van der Waals surface area contributed by atoms with Gasteiger partial charge in [0.25, 0.3) is 5.56 Å². The number of rotatable bonds is 7. The van der Waals surface area contributed by atoms with E-state index in [9.17, 15) is 14.0 Å². The van der Waals surface area contributed by atoms with Gasteiger partial charge >= 0.3 is 0 Å². The average Bonchev–Trinajstić information content (AvgIpc) is 3.34. The number of carbonyl (C=O) groups excluding carboxylic acids is 1. The number of amides is 1. The van der Waals surface area contributed by atoms with Crippen LogP contribution < -0.4 is 16.2 Å². The van der Waals surface area contributed by atoms with Gasteiger partial charge in [0.15, 0.2) is 0 Å². The molecule has 2 aromatic heterocycles. The highest BCUT2D eigenvalue weighted by Gasteiger charge is 2.18. The van der Waals surface area contributed by atoms with E-state index in [1.807, 2.05) is 54.6 Å². The van der Waals surface area contributed by atoms with E-state index in [1.165, 1.54) is 23.5 Å². The Hall–Kier alpha value is -4.14. The summed E-state index contributed by atoms with van der Waals surface area (Å²) in [6.45, 7) is 1.96. The van der Waals surface area contributed by atoms with Crippen LogP contribution in [0, 0.1) is 5.82 Å². The van der Waals surface area contributed by atoms with E-state index in [0.29, 0.717) is 0 Å². The molecule has 0 fully saturated rings. The molecule has 1 atom stereocenters. The molecule has 5 aromatic rings. The van der Waals surface area contributed by atoms with Gasteiger partial charge in [0.05, 0.1) is 28.5 Å². The van der Waals surface area contributed by atoms with E-state index in [-0.39, 0.29) is 29.5 Å². The van der Waals surface area contributed by atoms with Gasteiger partial charge in [0.1, 0.15) is 16.5 Å². The van der Waals surface area contributed by atoms with Crippen LogP contribution in [0.3, 0.4) is 0 Å².